The highest BCUT2D eigenvalue weighted by molar-refractivity contribution is 7.99. The van der Waals surface area contributed by atoms with E-state index in [9.17, 15) is 0 Å². The zero-order valence-corrected chi connectivity index (χ0v) is 11.6. The molecule has 0 radical (unpaired) electrons. The number of amidine groups is 1. The topological polar surface area (TPSA) is 115 Å². The molecule has 8 nitrogen and oxygen atoms in total. The molecule has 20 heavy (non-hydrogen) atoms. The van der Waals surface area contributed by atoms with Gasteiger partial charge in [-0.05, 0) is 54.1 Å². The number of oxime groups is 1. The van der Waals surface area contributed by atoms with Gasteiger partial charge in [0.15, 0.2) is 5.84 Å². The number of nitrogens with zero attached hydrogens (tertiary/aromatic N) is 6. The van der Waals surface area contributed by atoms with E-state index in [-0.39, 0.29) is 5.84 Å². The van der Waals surface area contributed by atoms with Crippen molar-refractivity contribution >= 4 is 17.6 Å². The van der Waals surface area contributed by atoms with E-state index in [0.717, 1.165) is 18.5 Å². The number of pyridine rings is 1. The van der Waals surface area contributed by atoms with E-state index in [1.807, 2.05) is 6.92 Å². The van der Waals surface area contributed by atoms with Crippen molar-refractivity contribution in [3.8, 4) is 0 Å². The fraction of sp³-hybridized carbons (Fsp3) is 0.364. The lowest BCUT2D eigenvalue weighted by Crippen LogP contribution is -2.15. The minimum atomic E-state index is 0.0189. The lowest BCUT2D eigenvalue weighted by molar-refractivity contribution is 0.318. The highest BCUT2D eigenvalue weighted by atomic mass is 32.2. The predicted octanol–water partition coefficient (Wildman–Crippen LogP) is 0.957. The maximum atomic E-state index is 8.84. The van der Waals surface area contributed by atoms with E-state index in [1.165, 1.54) is 11.8 Å². The van der Waals surface area contributed by atoms with Gasteiger partial charge in [0.2, 0.25) is 5.16 Å². The predicted molar refractivity (Wildman–Crippen MR) is 71.7 cm³/mol. The van der Waals surface area contributed by atoms with Crippen LogP contribution in [0, 0.1) is 6.92 Å². The molecule has 0 saturated heterocycles. The fourth-order valence-corrected chi connectivity index (χ4v) is 2.75. The number of aromatic nitrogens is 5. The van der Waals surface area contributed by atoms with Crippen LogP contribution in [-0.4, -0.2) is 36.2 Å². The van der Waals surface area contributed by atoms with Crippen molar-refractivity contribution in [2.45, 2.75) is 36.0 Å². The lowest BCUT2D eigenvalue weighted by Gasteiger charge is -2.07. The van der Waals surface area contributed by atoms with Gasteiger partial charge in [0.05, 0.1) is 11.6 Å². The van der Waals surface area contributed by atoms with Gasteiger partial charge in [-0.2, -0.15) is 0 Å². The second-order valence-electron chi connectivity index (χ2n) is 4.53. The summed E-state index contributed by atoms with van der Waals surface area (Å²) in [7, 11) is 0. The molecule has 2 aromatic heterocycles. The molecule has 0 unspecified atom stereocenters. The van der Waals surface area contributed by atoms with Gasteiger partial charge in [0.25, 0.3) is 0 Å². The number of nitrogens with two attached hydrogens (primary N) is 1. The number of rotatable bonds is 4. The molecule has 0 spiro atoms. The Labute approximate surface area is 119 Å². The van der Waals surface area contributed by atoms with Crippen LogP contribution in [0.1, 0.15) is 30.1 Å². The minimum Gasteiger partial charge on any atom is -0.409 e. The first kappa shape index (κ1) is 12.9. The molecular formula is C11H13N7OS. The van der Waals surface area contributed by atoms with Gasteiger partial charge in [-0.1, -0.05) is 5.16 Å². The smallest absolute Gasteiger partial charge is 0.215 e. The fourth-order valence-electron chi connectivity index (χ4n) is 1.75. The van der Waals surface area contributed by atoms with Gasteiger partial charge in [0, 0.05) is 5.69 Å². The molecule has 1 aliphatic rings. The SMILES string of the molecule is Cc1ccc(C(N)=NO)c(Sc2nnnn2C2CC2)n1. The Morgan fingerprint density at radius 2 is 2.30 bits per heavy atom. The van der Waals surface area contributed by atoms with Crippen LogP contribution in [0.2, 0.25) is 0 Å². The average molecular weight is 291 g/mol. The molecule has 1 fully saturated rings. The first-order valence-corrected chi connectivity index (χ1v) is 6.92. The van der Waals surface area contributed by atoms with Crippen LogP contribution < -0.4 is 5.73 Å². The van der Waals surface area contributed by atoms with Crippen molar-refractivity contribution in [2.75, 3.05) is 0 Å². The van der Waals surface area contributed by atoms with Gasteiger partial charge in [-0.3, -0.25) is 0 Å². The number of aryl methyl sites for hydroxylation is 1. The standard InChI is InChI=1S/C11H13N7OS/c1-6-2-5-8(9(12)15-19)10(13-6)20-11-14-16-17-18(11)7-3-4-7/h2,5,7,19H,3-4H2,1H3,(H2,12,15). The van der Waals surface area contributed by atoms with E-state index < -0.39 is 0 Å². The molecule has 2 heterocycles. The monoisotopic (exact) mass is 291 g/mol. The summed E-state index contributed by atoms with van der Waals surface area (Å²) in [6.07, 6.45) is 2.18. The molecule has 1 saturated carbocycles. The van der Waals surface area contributed by atoms with Crippen LogP contribution >= 0.6 is 11.8 Å². The Morgan fingerprint density at radius 3 is 3.00 bits per heavy atom. The molecule has 3 rings (SSSR count). The number of hydrogen-bond donors (Lipinski definition) is 2. The van der Waals surface area contributed by atoms with Gasteiger partial charge >= 0.3 is 0 Å². The lowest BCUT2D eigenvalue weighted by atomic mass is 10.2. The summed E-state index contributed by atoms with van der Waals surface area (Å²) >= 11 is 1.32. The van der Waals surface area contributed by atoms with Gasteiger partial charge in [-0.25, -0.2) is 9.67 Å². The quantitative estimate of drug-likeness (QED) is 0.373. The number of tetrazole rings is 1. The maximum absolute atomic E-state index is 8.84. The zero-order chi connectivity index (χ0) is 14.1. The third-order valence-corrected chi connectivity index (χ3v) is 3.88. The number of hydrogen-bond acceptors (Lipinski definition) is 7. The molecule has 104 valence electrons. The molecule has 1 aliphatic carbocycles. The average Bonchev–Trinajstić information content (AvgIpc) is 3.19. The van der Waals surface area contributed by atoms with Crippen molar-refractivity contribution in [3.05, 3.63) is 23.4 Å². The summed E-state index contributed by atoms with van der Waals surface area (Å²) in [6.45, 7) is 1.88. The Balaban J connectivity index is 1.96. The third-order valence-electron chi connectivity index (χ3n) is 2.93. The summed E-state index contributed by atoms with van der Waals surface area (Å²) in [5.41, 5.74) is 7.08. The van der Waals surface area contributed by atoms with Gasteiger partial charge < -0.3 is 10.9 Å². The summed E-state index contributed by atoms with van der Waals surface area (Å²) in [5, 5.41) is 24.9. The summed E-state index contributed by atoms with van der Waals surface area (Å²) in [4.78, 5) is 4.42. The molecule has 0 bridgehead atoms. The minimum absolute atomic E-state index is 0.0189. The van der Waals surface area contributed by atoms with Crippen molar-refractivity contribution in [1.29, 1.82) is 0 Å². The van der Waals surface area contributed by atoms with Gasteiger partial charge in [-0.15, -0.1) is 5.10 Å². The van der Waals surface area contributed by atoms with Crippen LogP contribution in [0.15, 0.2) is 27.5 Å². The molecule has 0 aliphatic heterocycles. The van der Waals surface area contributed by atoms with Crippen molar-refractivity contribution in [2.24, 2.45) is 10.9 Å². The highest BCUT2D eigenvalue weighted by Crippen LogP contribution is 2.38. The van der Waals surface area contributed by atoms with E-state index >= 15 is 0 Å². The second-order valence-corrected chi connectivity index (χ2v) is 5.49. The third kappa shape index (κ3) is 2.44. The Kier molecular flexibility index (Phi) is 3.26. The molecule has 0 aromatic carbocycles. The molecule has 2 aromatic rings. The van der Waals surface area contributed by atoms with Crippen LogP contribution in [0.25, 0.3) is 0 Å². The summed E-state index contributed by atoms with van der Waals surface area (Å²) in [6, 6.07) is 3.95. The summed E-state index contributed by atoms with van der Waals surface area (Å²) < 4.78 is 1.80. The molecule has 0 atom stereocenters. The molecule has 0 amide bonds. The van der Waals surface area contributed by atoms with Crippen LogP contribution in [-0.2, 0) is 0 Å². The van der Waals surface area contributed by atoms with Crippen LogP contribution in [0.4, 0.5) is 0 Å². The molecule has 9 heteroatoms. The Morgan fingerprint density at radius 1 is 1.50 bits per heavy atom. The highest BCUT2D eigenvalue weighted by Gasteiger charge is 2.28. The molecule has 3 N–H and O–H groups in total. The Bertz CT molecular complexity index is 665. The maximum Gasteiger partial charge on any atom is 0.215 e. The van der Waals surface area contributed by atoms with Crippen LogP contribution in [0.5, 0.6) is 0 Å². The van der Waals surface area contributed by atoms with Gasteiger partial charge in [0.1, 0.15) is 5.03 Å². The largest absolute Gasteiger partial charge is 0.409 e. The second kappa shape index (κ2) is 5.08. The zero-order valence-electron chi connectivity index (χ0n) is 10.8. The normalized spacial score (nSPS) is 15.6. The van der Waals surface area contributed by atoms with Crippen molar-refractivity contribution in [1.82, 2.24) is 25.2 Å². The van der Waals surface area contributed by atoms with E-state index in [0.29, 0.717) is 21.8 Å². The first-order chi connectivity index (χ1) is 9.69. The first-order valence-electron chi connectivity index (χ1n) is 6.10. The van der Waals surface area contributed by atoms with Crippen molar-refractivity contribution < 1.29 is 5.21 Å². The van der Waals surface area contributed by atoms with Crippen LogP contribution in [0.3, 0.4) is 0 Å². The molecular weight excluding hydrogens is 278 g/mol. The van der Waals surface area contributed by atoms with E-state index in [4.69, 9.17) is 10.9 Å². The Hall–Kier alpha value is -2.16. The van der Waals surface area contributed by atoms with Crippen molar-refractivity contribution in [3.63, 3.8) is 0 Å². The van der Waals surface area contributed by atoms with E-state index in [2.05, 4.69) is 25.7 Å². The van der Waals surface area contributed by atoms with E-state index in [1.54, 1.807) is 16.8 Å². The summed E-state index contributed by atoms with van der Waals surface area (Å²) in [5.74, 6) is 0.0189.